The van der Waals surface area contributed by atoms with Gasteiger partial charge in [-0.05, 0) is 36.8 Å². The molecule has 0 aliphatic carbocycles. The Hall–Kier alpha value is -3.33. The van der Waals surface area contributed by atoms with E-state index in [0.29, 0.717) is 53.5 Å². The maximum absolute atomic E-state index is 13.8. The molecule has 1 N–H and O–H groups in total. The minimum Gasteiger partial charge on any atom is -0.489 e. The molecule has 5 rings (SSSR count). The number of fused-ring (bicyclic) bond motifs is 2. The summed E-state index contributed by atoms with van der Waals surface area (Å²) in [6.07, 6.45) is 0.455. The lowest BCUT2D eigenvalue weighted by Gasteiger charge is -2.38. The number of amides is 1. The van der Waals surface area contributed by atoms with Gasteiger partial charge in [-0.3, -0.25) is 4.79 Å². The third-order valence-corrected chi connectivity index (χ3v) is 5.44. The van der Waals surface area contributed by atoms with Crippen LogP contribution in [0.4, 0.5) is 15.8 Å². The fourth-order valence-electron chi connectivity index (χ4n) is 3.82. The maximum atomic E-state index is 13.8. The molecule has 1 aromatic heterocycles. The number of nitrogens with zero attached hydrogens (tertiary/aromatic N) is 3. The number of carbonyl (C=O) groups is 1. The van der Waals surface area contributed by atoms with Crippen LogP contribution < -0.4 is 19.7 Å². The number of hydrogen-bond donors (Lipinski definition) is 1. The lowest BCUT2D eigenvalue weighted by molar-refractivity contribution is -0.118. The van der Waals surface area contributed by atoms with Crippen molar-refractivity contribution in [3.05, 3.63) is 58.5 Å². The van der Waals surface area contributed by atoms with Gasteiger partial charge in [-0.1, -0.05) is 16.8 Å². The quantitative estimate of drug-likeness (QED) is 0.658. The molecule has 0 bridgehead atoms. The predicted octanol–water partition coefficient (Wildman–Crippen LogP) is 3.51. The van der Waals surface area contributed by atoms with Crippen LogP contribution in [-0.2, 0) is 17.8 Å². The molecule has 0 saturated heterocycles. The van der Waals surface area contributed by atoms with Gasteiger partial charge >= 0.3 is 0 Å². The Morgan fingerprint density at radius 1 is 1.29 bits per heavy atom. The molecule has 2 aliphatic rings. The lowest BCUT2D eigenvalue weighted by Crippen LogP contribution is -2.44. The molecule has 3 heterocycles. The zero-order valence-electron chi connectivity index (χ0n) is 16.5. The van der Waals surface area contributed by atoms with Crippen LogP contribution in [0.15, 0.2) is 34.9 Å². The molecular formula is C21H18ClFN4O4. The summed E-state index contributed by atoms with van der Waals surface area (Å²) in [6, 6.07) is 7.92. The Kier molecular flexibility index (Phi) is 4.90. The highest BCUT2D eigenvalue weighted by Gasteiger charge is 2.30. The largest absolute Gasteiger partial charge is 0.489 e. The highest BCUT2D eigenvalue weighted by atomic mass is 35.5. The van der Waals surface area contributed by atoms with Gasteiger partial charge in [0.1, 0.15) is 18.2 Å². The fourth-order valence-corrected chi connectivity index (χ4v) is 4.12. The maximum Gasteiger partial charge on any atom is 0.262 e. The van der Waals surface area contributed by atoms with Gasteiger partial charge in [0.15, 0.2) is 18.2 Å². The van der Waals surface area contributed by atoms with Gasteiger partial charge in [-0.15, -0.1) is 0 Å². The third kappa shape index (κ3) is 3.88. The van der Waals surface area contributed by atoms with E-state index in [9.17, 15) is 9.18 Å². The first kappa shape index (κ1) is 19.6. The zero-order chi connectivity index (χ0) is 21.5. The first-order valence-electron chi connectivity index (χ1n) is 9.69. The van der Waals surface area contributed by atoms with E-state index in [4.69, 9.17) is 25.6 Å². The standard InChI is InChI=1S/C21H18ClFN4O4/c1-11-24-20(31-26-11)7-14-9-29-18-6-13(23)2-3-17(18)27(14)8-12-4-15(22)21-16(5-12)25-19(28)10-30-21/h2-6,14H,7-10H2,1H3,(H,25,28)/t14-/m1/s1. The van der Waals surface area contributed by atoms with Crippen molar-refractivity contribution in [1.82, 2.24) is 10.1 Å². The van der Waals surface area contributed by atoms with Crippen LogP contribution in [0.5, 0.6) is 11.5 Å². The summed E-state index contributed by atoms with van der Waals surface area (Å²) in [5, 5.41) is 7.04. The normalized spacial score (nSPS) is 17.3. The Morgan fingerprint density at radius 3 is 2.97 bits per heavy atom. The van der Waals surface area contributed by atoms with Gasteiger partial charge in [0.25, 0.3) is 5.91 Å². The van der Waals surface area contributed by atoms with E-state index >= 15 is 0 Å². The Morgan fingerprint density at radius 2 is 2.16 bits per heavy atom. The van der Waals surface area contributed by atoms with Crippen molar-refractivity contribution in [3.8, 4) is 11.5 Å². The summed E-state index contributed by atoms with van der Waals surface area (Å²) >= 11 is 6.40. The first-order valence-corrected chi connectivity index (χ1v) is 10.1. The van der Waals surface area contributed by atoms with Gasteiger partial charge < -0.3 is 24.2 Å². The second-order valence-electron chi connectivity index (χ2n) is 7.44. The van der Waals surface area contributed by atoms with Crippen LogP contribution in [0.3, 0.4) is 0 Å². The van der Waals surface area contributed by atoms with Crippen LogP contribution in [0.2, 0.25) is 5.02 Å². The lowest BCUT2D eigenvalue weighted by atomic mass is 10.1. The summed E-state index contributed by atoms with van der Waals surface area (Å²) in [5.74, 6) is 1.34. The molecule has 8 nitrogen and oxygen atoms in total. The van der Waals surface area contributed by atoms with Gasteiger partial charge in [0.05, 0.1) is 28.9 Å². The number of hydrogen-bond acceptors (Lipinski definition) is 7. The monoisotopic (exact) mass is 444 g/mol. The molecule has 1 atom stereocenters. The van der Waals surface area contributed by atoms with E-state index < -0.39 is 0 Å². The molecule has 3 aromatic rings. The molecule has 1 amide bonds. The van der Waals surface area contributed by atoms with Crippen molar-refractivity contribution >= 4 is 28.9 Å². The smallest absolute Gasteiger partial charge is 0.262 e. The number of rotatable bonds is 4. The topological polar surface area (TPSA) is 89.7 Å². The molecule has 160 valence electrons. The van der Waals surface area contributed by atoms with Crippen molar-refractivity contribution in [2.45, 2.75) is 25.9 Å². The molecular weight excluding hydrogens is 427 g/mol. The SMILES string of the molecule is Cc1noc(C[C@@H]2COc3cc(F)ccc3N2Cc2cc(Cl)c3c(c2)NC(=O)CO3)n1. The van der Waals surface area contributed by atoms with Gasteiger partial charge in [-0.2, -0.15) is 4.98 Å². The minimum atomic E-state index is -0.374. The number of ether oxygens (including phenoxy) is 2. The van der Waals surface area contributed by atoms with Gasteiger partial charge in [-0.25, -0.2) is 4.39 Å². The summed E-state index contributed by atoms with van der Waals surface area (Å²) in [5.41, 5.74) is 2.11. The number of benzene rings is 2. The van der Waals surface area contributed by atoms with E-state index in [0.717, 1.165) is 11.3 Å². The van der Waals surface area contributed by atoms with Crippen molar-refractivity contribution in [3.63, 3.8) is 0 Å². The van der Waals surface area contributed by atoms with Crippen molar-refractivity contribution in [2.75, 3.05) is 23.4 Å². The highest BCUT2D eigenvalue weighted by Crippen LogP contribution is 2.40. The van der Waals surface area contributed by atoms with Crippen molar-refractivity contribution < 1.29 is 23.2 Å². The van der Waals surface area contributed by atoms with E-state index in [1.54, 1.807) is 19.1 Å². The number of carbonyl (C=O) groups excluding carboxylic acids is 1. The van der Waals surface area contributed by atoms with Crippen LogP contribution in [0, 0.1) is 12.7 Å². The van der Waals surface area contributed by atoms with Crippen LogP contribution in [0.1, 0.15) is 17.3 Å². The van der Waals surface area contributed by atoms with Gasteiger partial charge in [0, 0.05) is 12.6 Å². The number of aromatic nitrogens is 2. The summed E-state index contributed by atoms with van der Waals surface area (Å²) in [6.45, 7) is 2.44. The second kappa shape index (κ2) is 7.73. The number of aryl methyl sites for hydroxylation is 1. The average Bonchev–Trinajstić information content (AvgIpc) is 3.14. The average molecular weight is 445 g/mol. The molecule has 31 heavy (non-hydrogen) atoms. The summed E-state index contributed by atoms with van der Waals surface area (Å²) in [4.78, 5) is 18.1. The molecule has 0 saturated carbocycles. The fraction of sp³-hybridized carbons (Fsp3) is 0.286. The minimum absolute atomic E-state index is 0.0693. The van der Waals surface area contributed by atoms with E-state index in [2.05, 4.69) is 20.4 Å². The first-order chi connectivity index (χ1) is 15.0. The molecule has 2 aliphatic heterocycles. The Labute approximate surface area is 181 Å². The van der Waals surface area contributed by atoms with Crippen molar-refractivity contribution in [1.29, 1.82) is 0 Å². The van der Waals surface area contributed by atoms with Crippen molar-refractivity contribution in [2.24, 2.45) is 0 Å². The van der Waals surface area contributed by atoms with E-state index in [1.807, 2.05) is 6.07 Å². The Bertz CT molecular complexity index is 1170. The van der Waals surface area contributed by atoms with Gasteiger partial charge in [0.2, 0.25) is 5.89 Å². The third-order valence-electron chi connectivity index (χ3n) is 5.16. The number of halogens is 2. The molecule has 0 spiro atoms. The molecule has 2 aromatic carbocycles. The highest BCUT2D eigenvalue weighted by molar-refractivity contribution is 6.33. The Balaban J connectivity index is 1.49. The van der Waals surface area contributed by atoms with Crippen LogP contribution >= 0.6 is 11.6 Å². The van der Waals surface area contributed by atoms with Crippen LogP contribution in [-0.4, -0.2) is 35.3 Å². The summed E-state index contributed by atoms with van der Waals surface area (Å²) < 4.78 is 30.3. The predicted molar refractivity (Wildman–Crippen MR) is 110 cm³/mol. The zero-order valence-corrected chi connectivity index (χ0v) is 17.3. The van der Waals surface area contributed by atoms with E-state index in [1.165, 1.54) is 12.1 Å². The van der Waals surface area contributed by atoms with Crippen LogP contribution in [0.25, 0.3) is 0 Å². The molecule has 10 heteroatoms. The molecule has 0 fully saturated rings. The molecule has 0 unspecified atom stereocenters. The van der Waals surface area contributed by atoms with E-state index in [-0.39, 0.29) is 24.4 Å². The molecule has 0 radical (unpaired) electrons. The second-order valence-corrected chi connectivity index (χ2v) is 7.84. The number of anilines is 2. The summed E-state index contributed by atoms with van der Waals surface area (Å²) in [7, 11) is 0. The number of nitrogens with one attached hydrogen (secondary N) is 1.